The smallest absolute Gasteiger partial charge is 0.254 e. The van der Waals surface area contributed by atoms with Gasteiger partial charge in [-0.25, -0.2) is 0 Å². The zero-order valence-electron chi connectivity index (χ0n) is 33.3. The number of nitrogens with one attached hydrogen (secondary N) is 4. The molecule has 1 aliphatic carbocycles. The zero-order chi connectivity index (χ0) is 42.0. The molecule has 1 aliphatic rings. The lowest BCUT2D eigenvalue weighted by atomic mass is 9.49. The Bertz CT molecular complexity index is 1800. The van der Waals surface area contributed by atoms with Crippen LogP contribution < -0.4 is 26.0 Å². The molecule has 4 rings (SSSR count). The zero-order valence-corrected chi connectivity index (χ0v) is 35.7. The van der Waals surface area contributed by atoms with Crippen LogP contribution in [0.15, 0.2) is 53.9 Å². The van der Waals surface area contributed by atoms with Crippen LogP contribution in [0.25, 0.3) is 0 Å². The van der Waals surface area contributed by atoms with E-state index in [1.807, 2.05) is 12.1 Å². The topological polar surface area (TPSA) is 178 Å². The van der Waals surface area contributed by atoms with E-state index >= 15 is 0 Å². The predicted octanol–water partition coefficient (Wildman–Crippen LogP) is 5.99. The Hall–Kier alpha value is -3.98. The van der Waals surface area contributed by atoms with Gasteiger partial charge >= 0.3 is 0 Å². The van der Waals surface area contributed by atoms with Gasteiger partial charge in [0.05, 0.1) is 82.2 Å². The average Bonchev–Trinajstić information content (AvgIpc) is 3.67. The Morgan fingerprint density at radius 2 is 1.34 bits per heavy atom. The van der Waals surface area contributed by atoms with E-state index in [9.17, 15) is 14.4 Å². The first-order valence-electron chi connectivity index (χ1n) is 19.0. The van der Waals surface area contributed by atoms with Crippen molar-refractivity contribution in [2.24, 2.45) is 10.8 Å². The molecule has 0 atom stereocenters. The number of nitrogens with zero attached hydrogens (tertiary/aromatic N) is 1. The van der Waals surface area contributed by atoms with E-state index < -0.39 is 0 Å². The Balaban J connectivity index is 0.953. The second-order valence-corrected chi connectivity index (χ2v) is 16.1. The Morgan fingerprint density at radius 3 is 1.90 bits per heavy atom. The van der Waals surface area contributed by atoms with Crippen molar-refractivity contribution in [3.8, 4) is 11.8 Å². The van der Waals surface area contributed by atoms with Crippen molar-refractivity contribution < 1.29 is 42.8 Å². The molecule has 316 valence electrons. The Labute approximate surface area is 354 Å². The normalized spacial score (nSPS) is 16.4. The number of hydrogen-bond donors (Lipinski definition) is 4. The first kappa shape index (κ1) is 46.7. The molecular formula is C41H53Cl2N5O9S. The highest BCUT2D eigenvalue weighted by Crippen LogP contribution is 2.55. The van der Waals surface area contributed by atoms with Crippen molar-refractivity contribution >= 4 is 62.9 Å². The molecular weight excluding hydrogens is 809 g/mol. The number of anilines is 2. The summed E-state index contributed by atoms with van der Waals surface area (Å²) < 4.78 is 34.0. The first-order valence-corrected chi connectivity index (χ1v) is 20.8. The fourth-order valence-corrected chi connectivity index (χ4v) is 7.96. The highest BCUT2D eigenvalue weighted by atomic mass is 35.5. The number of thiophene rings is 1. The van der Waals surface area contributed by atoms with Crippen LogP contribution >= 0.6 is 34.5 Å². The molecule has 0 aliphatic heterocycles. The Morgan fingerprint density at radius 1 is 0.776 bits per heavy atom. The minimum atomic E-state index is -0.370. The molecule has 4 N–H and O–H groups in total. The van der Waals surface area contributed by atoms with Crippen LogP contribution in [0.1, 0.15) is 54.0 Å². The fourth-order valence-electron chi connectivity index (χ4n) is 6.88. The monoisotopic (exact) mass is 861 g/mol. The molecule has 1 aromatic heterocycles. The number of hydrogen-bond acceptors (Lipinski definition) is 12. The van der Waals surface area contributed by atoms with E-state index in [0.29, 0.717) is 112 Å². The minimum Gasteiger partial charge on any atom is -0.489 e. The van der Waals surface area contributed by atoms with E-state index in [2.05, 4.69) is 55.0 Å². The molecule has 3 amide bonds. The van der Waals surface area contributed by atoms with E-state index in [-0.39, 0.29) is 46.6 Å². The summed E-state index contributed by atoms with van der Waals surface area (Å²) in [6.45, 7) is 13.5. The number of halogens is 2. The third kappa shape index (κ3) is 13.8. The average molecular weight is 863 g/mol. The minimum absolute atomic E-state index is 0.134. The highest BCUT2D eigenvalue weighted by Gasteiger charge is 2.64. The van der Waals surface area contributed by atoms with Gasteiger partial charge < -0.3 is 49.7 Å². The summed E-state index contributed by atoms with van der Waals surface area (Å²) in [5.41, 5.74) is 1.51. The van der Waals surface area contributed by atoms with Crippen LogP contribution in [0.5, 0.6) is 5.75 Å². The third-order valence-electron chi connectivity index (χ3n) is 9.46. The maximum absolute atomic E-state index is 13.2. The van der Waals surface area contributed by atoms with Gasteiger partial charge in [0.1, 0.15) is 28.8 Å². The Kier molecular flexibility index (Phi) is 19.0. The van der Waals surface area contributed by atoms with Crippen LogP contribution in [0.3, 0.4) is 0 Å². The van der Waals surface area contributed by atoms with Gasteiger partial charge in [0.25, 0.3) is 11.8 Å². The van der Waals surface area contributed by atoms with E-state index in [1.54, 1.807) is 41.8 Å². The van der Waals surface area contributed by atoms with Gasteiger partial charge in [-0.3, -0.25) is 14.4 Å². The molecule has 2 aromatic carbocycles. The molecule has 0 saturated heterocycles. The number of amides is 3. The van der Waals surface area contributed by atoms with Crippen LogP contribution in [0, 0.1) is 22.2 Å². The van der Waals surface area contributed by atoms with Crippen molar-refractivity contribution in [3.05, 3.63) is 75.6 Å². The number of carbonyl (C=O) groups excluding carboxylic acids is 3. The SMILES string of the molecule is CC1(C)C(NC(=O)c2ccc(NCCOCCOCCOCCOCCOCCNC(=O)c3ccsc3NC(=O)CCl)cc2)C(C)(C)C1Oc1ccc(C#N)c(Cl)c1. The van der Waals surface area contributed by atoms with Gasteiger partial charge in [-0.15, -0.1) is 22.9 Å². The lowest BCUT2D eigenvalue weighted by Gasteiger charge is -2.63. The van der Waals surface area contributed by atoms with Crippen LogP contribution in [0.2, 0.25) is 5.02 Å². The van der Waals surface area contributed by atoms with E-state index in [0.717, 1.165) is 5.69 Å². The molecule has 0 radical (unpaired) electrons. The molecule has 1 saturated carbocycles. The molecule has 0 unspecified atom stereocenters. The lowest BCUT2D eigenvalue weighted by molar-refractivity contribution is -0.164. The van der Waals surface area contributed by atoms with Gasteiger partial charge in [-0.05, 0) is 47.8 Å². The van der Waals surface area contributed by atoms with Gasteiger partial charge in [0.15, 0.2) is 0 Å². The highest BCUT2D eigenvalue weighted by molar-refractivity contribution is 7.14. The van der Waals surface area contributed by atoms with Crippen molar-refractivity contribution in [1.29, 1.82) is 5.26 Å². The summed E-state index contributed by atoms with van der Waals surface area (Å²) in [7, 11) is 0. The summed E-state index contributed by atoms with van der Waals surface area (Å²) in [5, 5.41) is 23.6. The number of nitriles is 1. The third-order valence-corrected chi connectivity index (χ3v) is 10.8. The summed E-state index contributed by atoms with van der Waals surface area (Å²) >= 11 is 13.0. The maximum atomic E-state index is 13.2. The number of rotatable bonds is 26. The standard InChI is InChI=1S/C41H53Cl2N5O9S/c1-40(2)38(41(3,4)39(40)57-31-10-7-29(27-44)33(43)25-31)48-35(50)28-5-8-30(9-6-28)45-12-14-52-16-18-54-20-22-56-23-21-55-19-17-53-15-13-46-36(51)32-11-24-58-37(32)47-34(49)26-42/h5-11,24-25,38-39,45H,12-23,26H2,1-4H3,(H,46,51)(H,47,49)(H,48,50). The largest absolute Gasteiger partial charge is 0.489 e. The number of ether oxygens (including phenoxy) is 6. The number of carbonyl (C=O) groups is 3. The molecule has 0 bridgehead atoms. The van der Waals surface area contributed by atoms with Crippen LogP contribution in [-0.4, -0.2) is 115 Å². The maximum Gasteiger partial charge on any atom is 0.254 e. The van der Waals surface area contributed by atoms with Gasteiger partial charge in [-0.1, -0.05) is 39.3 Å². The van der Waals surface area contributed by atoms with Crippen molar-refractivity contribution in [2.75, 3.05) is 95.7 Å². The van der Waals surface area contributed by atoms with Crippen molar-refractivity contribution in [3.63, 3.8) is 0 Å². The van der Waals surface area contributed by atoms with Crippen LogP contribution in [-0.2, 0) is 28.5 Å². The summed E-state index contributed by atoms with van der Waals surface area (Å²) in [6, 6.07) is 15.9. The number of benzene rings is 2. The van der Waals surface area contributed by atoms with Gasteiger partial charge in [0, 0.05) is 47.3 Å². The quantitative estimate of drug-likeness (QED) is 0.0551. The fraction of sp³-hybridized carbons (Fsp3) is 0.512. The molecule has 0 spiro atoms. The second-order valence-electron chi connectivity index (χ2n) is 14.5. The summed E-state index contributed by atoms with van der Waals surface area (Å²) in [5.74, 6) is -0.414. The van der Waals surface area contributed by atoms with E-state index in [1.165, 1.54) is 11.3 Å². The van der Waals surface area contributed by atoms with Crippen molar-refractivity contribution in [1.82, 2.24) is 10.6 Å². The first-order chi connectivity index (χ1) is 27.9. The molecule has 17 heteroatoms. The van der Waals surface area contributed by atoms with Gasteiger partial charge in [0.2, 0.25) is 5.91 Å². The predicted molar refractivity (Wildman–Crippen MR) is 224 cm³/mol. The van der Waals surface area contributed by atoms with Crippen molar-refractivity contribution in [2.45, 2.75) is 39.8 Å². The lowest BCUT2D eigenvalue weighted by Crippen LogP contribution is -2.74. The molecule has 1 heterocycles. The molecule has 58 heavy (non-hydrogen) atoms. The molecule has 1 fully saturated rings. The number of alkyl halides is 1. The summed E-state index contributed by atoms with van der Waals surface area (Å²) in [6.07, 6.45) is -0.185. The molecule has 14 nitrogen and oxygen atoms in total. The molecule has 3 aromatic rings. The van der Waals surface area contributed by atoms with E-state index in [4.69, 9.17) is 56.9 Å². The summed E-state index contributed by atoms with van der Waals surface area (Å²) in [4.78, 5) is 37.0. The van der Waals surface area contributed by atoms with Gasteiger partial charge in [-0.2, -0.15) is 5.26 Å². The second kappa shape index (κ2) is 23.6. The van der Waals surface area contributed by atoms with Crippen LogP contribution in [0.4, 0.5) is 10.7 Å².